The quantitative estimate of drug-likeness (QED) is 0.476. The molecule has 3 aliphatic rings. The van der Waals surface area contributed by atoms with Crippen molar-refractivity contribution in [3.63, 3.8) is 0 Å². The van der Waals surface area contributed by atoms with Crippen LogP contribution in [0.25, 0.3) is 10.6 Å². The van der Waals surface area contributed by atoms with Gasteiger partial charge in [0.1, 0.15) is 16.8 Å². The summed E-state index contributed by atoms with van der Waals surface area (Å²) in [6.07, 6.45) is 4.57. The van der Waals surface area contributed by atoms with Crippen molar-refractivity contribution in [2.24, 2.45) is 0 Å². The third-order valence-corrected chi connectivity index (χ3v) is 7.45. The number of imide groups is 2. The number of benzene rings is 2. The first kappa shape index (κ1) is 22.4. The normalized spacial score (nSPS) is 19.3. The highest BCUT2D eigenvalue weighted by Gasteiger charge is 2.45. The summed E-state index contributed by atoms with van der Waals surface area (Å²) in [4.78, 5) is 56.5. The molecule has 10 heteroatoms. The van der Waals surface area contributed by atoms with Crippen molar-refractivity contribution in [3.8, 4) is 16.3 Å². The van der Waals surface area contributed by atoms with E-state index in [0.717, 1.165) is 38.9 Å². The maximum absolute atomic E-state index is 13.2. The molecule has 6 rings (SSSR count). The van der Waals surface area contributed by atoms with Crippen molar-refractivity contribution in [1.29, 1.82) is 0 Å². The standard InChI is InChI=1S/C26H22N4O5S/c31-21-11-10-20(23(32)29-21)30-25(33)18-2-1-3-19(22(18)26(30)34)27-12-17-13-28-24(36-17)14-4-6-15(7-5-14)35-16-8-9-16/h1-7,13,16,20,27H,8-12H2,(H,29,31,32). The van der Waals surface area contributed by atoms with Crippen molar-refractivity contribution in [2.75, 3.05) is 5.32 Å². The van der Waals surface area contributed by atoms with Gasteiger partial charge in [-0.3, -0.25) is 29.4 Å². The number of nitrogens with zero attached hydrogens (tertiary/aromatic N) is 2. The number of carbonyl (C=O) groups is 4. The second-order valence-corrected chi connectivity index (χ2v) is 10.1. The van der Waals surface area contributed by atoms with E-state index in [1.54, 1.807) is 24.4 Å². The van der Waals surface area contributed by atoms with E-state index in [-0.39, 0.29) is 24.0 Å². The van der Waals surface area contributed by atoms with E-state index in [1.165, 1.54) is 11.3 Å². The lowest BCUT2D eigenvalue weighted by Gasteiger charge is -2.27. The molecule has 1 unspecified atom stereocenters. The molecule has 1 saturated heterocycles. The van der Waals surface area contributed by atoms with Crippen LogP contribution >= 0.6 is 11.3 Å². The van der Waals surface area contributed by atoms with Gasteiger partial charge in [-0.15, -0.1) is 11.3 Å². The highest BCUT2D eigenvalue weighted by molar-refractivity contribution is 7.15. The summed E-state index contributed by atoms with van der Waals surface area (Å²) in [6, 6.07) is 11.9. The Morgan fingerprint density at radius 3 is 2.58 bits per heavy atom. The Hall–Kier alpha value is -4.05. The number of rotatable bonds is 7. The van der Waals surface area contributed by atoms with Crippen molar-refractivity contribution < 1.29 is 23.9 Å². The molecule has 0 bridgehead atoms. The molecule has 182 valence electrons. The molecule has 1 saturated carbocycles. The van der Waals surface area contributed by atoms with Crippen LogP contribution in [0.5, 0.6) is 5.75 Å². The average molecular weight is 503 g/mol. The SMILES string of the molecule is O=C1CCC(N2C(=O)c3cccc(NCc4cnc(-c5ccc(OC6CC6)cc5)s4)c3C2=O)C(=O)N1. The molecule has 1 aromatic heterocycles. The van der Waals surface area contributed by atoms with Gasteiger partial charge < -0.3 is 10.1 Å². The topological polar surface area (TPSA) is 118 Å². The Morgan fingerprint density at radius 1 is 1.03 bits per heavy atom. The van der Waals surface area contributed by atoms with E-state index >= 15 is 0 Å². The van der Waals surface area contributed by atoms with E-state index in [2.05, 4.69) is 15.6 Å². The predicted octanol–water partition coefficient (Wildman–Crippen LogP) is 3.36. The molecule has 2 fully saturated rings. The molecule has 3 aromatic rings. The van der Waals surface area contributed by atoms with Crippen molar-refractivity contribution in [1.82, 2.24) is 15.2 Å². The summed E-state index contributed by atoms with van der Waals surface area (Å²) >= 11 is 1.53. The number of nitrogens with one attached hydrogen (secondary N) is 2. The van der Waals surface area contributed by atoms with Gasteiger partial charge >= 0.3 is 0 Å². The van der Waals surface area contributed by atoms with E-state index in [4.69, 9.17) is 4.74 Å². The molecular formula is C26H22N4O5S. The molecule has 4 amide bonds. The zero-order valence-corrected chi connectivity index (χ0v) is 20.0. The average Bonchev–Trinajstić information content (AvgIpc) is 3.49. The summed E-state index contributed by atoms with van der Waals surface area (Å²) in [5.41, 5.74) is 1.99. The fraction of sp³-hybridized carbons (Fsp3) is 0.269. The highest BCUT2D eigenvalue weighted by Crippen LogP contribution is 2.34. The first-order valence-corrected chi connectivity index (χ1v) is 12.6. The van der Waals surface area contributed by atoms with Crippen LogP contribution in [0.4, 0.5) is 5.69 Å². The van der Waals surface area contributed by atoms with Gasteiger partial charge in [0.25, 0.3) is 11.8 Å². The molecule has 2 aliphatic heterocycles. The van der Waals surface area contributed by atoms with Gasteiger partial charge in [-0.1, -0.05) is 6.07 Å². The zero-order chi connectivity index (χ0) is 24.8. The van der Waals surface area contributed by atoms with Crippen LogP contribution in [0.3, 0.4) is 0 Å². The number of ether oxygens (including phenoxy) is 1. The Morgan fingerprint density at radius 2 is 1.83 bits per heavy atom. The zero-order valence-electron chi connectivity index (χ0n) is 19.2. The van der Waals surface area contributed by atoms with E-state index < -0.39 is 29.7 Å². The molecular weight excluding hydrogens is 480 g/mol. The van der Waals surface area contributed by atoms with Gasteiger partial charge in [-0.05, 0) is 55.7 Å². The van der Waals surface area contributed by atoms with Gasteiger partial charge in [0, 0.05) is 28.7 Å². The Kier molecular flexibility index (Phi) is 5.52. The van der Waals surface area contributed by atoms with E-state index in [1.807, 2.05) is 24.3 Å². The fourth-order valence-corrected chi connectivity index (χ4v) is 5.28. The van der Waals surface area contributed by atoms with E-state index in [9.17, 15) is 19.2 Å². The first-order valence-electron chi connectivity index (χ1n) is 11.8. The minimum absolute atomic E-state index is 0.0822. The van der Waals surface area contributed by atoms with Gasteiger partial charge in [0.05, 0.1) is 23.8 Å². The number of anilines is 1. The summed E-state index contributed by atoms with van der Waals surface area (Å²) in [5, 5.41) is 6.34. The Bertz CT molecular complexity index is 1400. The second kappa shape index (κ2) is 8.87. The highest BCUT2D eigenvalue weighted by atomic mass is 32.1. The van der Waals surface area contributed by atoms with Crippen molar-refractivity contribution in [3.05, 3.63) is 64.7 Å². The van der Waals surface area contributed by atoms with Crippen LogP contribution in [0, 0.1) is 0 Å². The Balaban J connectivity index is 1.16. The lowest BCUT2D eigenvalue weighted by atomic mass is 10.0. The minimum atomic E-state index is -0.993. The molecule has 36 heavy (non-hydrogen) atoms. The molecule has 1 aliphatic carbocycles. The predicted molar refractivity (Wildman–Crippen MR) is 132 cm³/mol. The largest absolute Gasteiger partial charge is 0.490 e. The van der Waals surface area contributed by atoms with E-state index in [0.29, 0.717) is 18.3 Å². The number of fused-ring (bicyclic) bond motifs is 1. The number of piperidine rings is 1. The van der Waals surface area contributed by atoms with Crippen LogP contribution in [0.15, 0.2) is 48.7 Å². The number of aromatic nitrogens is 1. The first-order chi connectivity index (χ1) is 17.5. The number of carbonyl (C=O) groups excluding carboxylic acids is 4. The van der Waals surface area contributed by atoms with Crippen LogP contribution in [-0.2, 0) is 16.1 Å². The number of hydrogen-bond acceptors (Lipinski definition) is 8. The molecule has 1 atom stereocenters. The van der Waals surface area contributed by atoms with Crippen LogP contribution in [0.1, 0.15) is 51.3 Å². The molecule has 0 spiro atoms. The second-order valence-electron chi connectivity index (χ2n) is 9.00. The van der Waals surface area contributed by atoms with Crippen molar-refractivity contribution in [2.45, 2.75) is 44.4 Å². The lowest BCUT2D eigenvalue weighted by Crippen LogP contribution is -2.54. The molecule has 2 aromatic carbocycles. The lowest BCUT2D eigenvalue weighted by molar-refractivity contribution is -0.136. The van der Waals surface area contributed by atoms with Gasteiger partial charge in [-0.2, -0.15) is 0 Å². The number of thiazole rings is 1. The minimum Gasteiger partial charge on any atom is -0.490 e. The van der Waals surface area contributed by atoms with Crippen LogP contribution in [-0.4, -0.2) is 45.7 Å². The third-order valence-electron chi connectivity index (χ3n) is 6.40. The number of amides is 4. The van der Waals surface area contributed by atoms with Crippen molar-refractivity contribution >= 4 is 40.7 Å². The van der Waals surface area contributed by atoms with Gasteiger partial charge in [0.2, 0.25) is 11.8 Å². The summed E-state index contributed by atoms with van der Waals surface area (Å²) in [6.45, 7) is 0.414. The van der Waals surface area contributed by atoms with Gasteiger partial charge in [0.15, 0.2) is 0 Å². The fourth-order valence-electron chi connectivity index (χ4n) is 4.42. The monoisotopic (exact) mass is 502 g/mol. The van der Waals surface area contributed by atoms with Crippen LogP contribution in [0.2, 0.25) is 0 Å². The summed E-state index contributed by atoms with van der Waals surface area (Å²) < 4.78 is 5.80. The summed E-state index contributed by atoms with van der Waals surface area (Å²) in [5.74, 6) is -1.22. The third kappa shape index (κ3) is 4.13. The Labute approximate surface area is 210 Å². The maximum atomic E-state index is 13.2. The molecule has 0 radical (unpaired) electrons. The maximum Gasteiger partial charge on any atom is 0.264 e. The molecule has 3 heterocycles. The number of hydrogen-bond donors (Lipinski definition) is 2. The van der Waals surface area contributed by atoms with Crippen LogP contribution < -0.4 is 15.4 Å². The molecule has 2 N–H and O–H groups in total. The summed E-state index contributed by atoms with van der Waals surface area (Å²) in [7, 11) is 0. The molecule has 9 nitrogen and oxygen atoms in total. The smallest absolute Gasteiger partial charge is 0.264 e. The van der Waals surface area contributed by atoms with Gasteiger partial charge in [-0.25, -0.2) is 4.98 Å².